The first-order valence-electron chi connectivity index (χ1n) is 11.7. The van der Waals surface area contributed by atoms with Gasteiger partial charge in [0.2, 0.25) is 15.9 Å². The lowest BCUT2D eigenvalue weighted by molar-refractivity contribution is -0.148. The Morgan fingerprint density at radius 3 is 2.26 bits per heavy atom. The van der Waals surface area contributed by atoms with Crippen molar-refractivity contribution in [1.82, 2.24) is 9.62 Å². The second-order valence-electron chi connectivity index (χ2n) is 9.14. The summed E-state index contributed by atoms with van der Waals surface area (Å²) in [6.07, 6.45) is 0.651. The Labute approximate surface area is 202 Å². The number of amides is 1. The number of carbonyl (C=O) groups is 2. The number of ether oxygens (including phenoxy) is 1. The predicted octanol–water partition coefficient (Wildman–Crippen LogP) is 3.90. The summed E-state index contributed by atoms with van der Waals surface area (Å²) in [5.74, 6) is -0.869. The molecule has 0 saturated carbocycles. The van der Waals surface area contributed by atoms with Gasteiger partial charge in [-0.25, -0.2) is 8.42 Å². The number of carbonyl (C=O) groups excluding carboxylic acids is 2. The molecule has 8 heteroatoms. The van der Waals surface area contributed by atoms with Gasteiger partial charge in [-0.1, -0.05) is 36.4 Å². The van der Waals surface area contributed by atoms with Crippen molar-refractivity contribution in [2.45, 2.75) is 64.0 Å². The quantitative estimate of drug-likeness (QED) is 0.571. The lowest BCUT2D eigenvalue weighted by Crippen LogP contribution is -2.44. The molecule has 0 aromatic heterocycles. The molecule has 1 N–H and O–H groups in total. The van der Waals surface area contributed by atoms with Crippen molar-refractivity contribution in [2.75, 3.05) is 13.1 Å². The summed E-state index contributed by atoms with van der Waals surface area (Å²) in [5, 5.41) is 3.00. The smallest absolute Gasteiger partial charge is 0.308 e. The third-order valence-corrected chi connectivity index (χ3v) is 8.09. The molecule has 0 aliphatic carbocycles. The molecule has 184 valence electrons. The molecule has 1 atom stereocenters. The van der Waals surface area contributed by atoms with Crippen molar-refractivity contribution in [3.8, 4) is 0 Å². The summed E-state index contributed by atoms with van der Waals surface area (Å²) in [4.78, 5) is 25.6. The molecule has 1 fully saturated rings. The first kappa shape index (κ1) is 25.9. The van der Waals surface area contributed by atoms with Gasteiger partial charge in [-0.05, 0) is 69.4 Å². The van der Waals surface area contributed by atoms with Crippen LogP contribution in [0.15, 0.2) is 53.4 Å². The van der Waals surface area contributed by atoms with E-state index in [2.05, 4.69) is 5.32 Å². The van der Waals surface area contributed by atoms with Crippen LogP contribution in [0.1, 0.15) is 55.8 Å². The Balaban J connectivity index is 1.65. The number of esters is 1. The molecule has 1 heterocycles. The van der Waals surface area contributed by atoms with Crippen LogP contribution in [0, 0.1) is 19.8 Å². The molecule has 1 aliphatic rings. The number of nitrogens with zero attached hydrogens (tertiary/aromatic N) is 1. The van der Waals surface area contributed by atoms with Crippen LogP contribution in [-0.2, 0) is 24.3 Å². The van der Waals surface area contributed by atoms with Crippen LogP contribution < -0.4 is 5.32 Å². The molecule has 1 amide bonds. The minimum absolute atomic E-state index is 0.0356. The van der Waals surface area contributed by atoms with Gasteiger partial charge in [0.05, 0.1) is 23.5 Å². The van der Waals surface area contributed by atoms with E-state index in [1.54, 1.807) is 26.0 Å². The normalized spacial score (nSPS) is 16.3. The summed E-state index contributed by atoms with van der Waals surface area (Å²) >= 11 is 0. The van der Waals surface area contributed by atoms with E-state index in [0.717, 1.165) is 16.7 Å². The van der Waals surface area contributed by atoms with Crippen molar-refractivity contribution < 1.29 is 22.7 Å². The molecule has 34 heavy (non-hydrogen) atoms. The van der Waals surface area contributed by atoms with Gasteiger partial charge < -0.3 is 10.1 Å². The van der Waals surface area contributed by atoms with Crippen LogP contribution in [0.2, 0.25) is 0 Å². The van der Waals surface area contributed by atoms with Gasteiger partial charge in [0.1, 0.15) is 0 Å². The lowest BCUT2D eigenvalue weighted by Gasteiger charge is -2.31. The molecule has 2 aromatic carbocycles. The van der Waals surface area contributed by atoms with E-state index in [1.807, 2.05) is 50.2 Å². The Morgan fingerprint density at radius 2 is 1.68 bits per heavy atom. The van der Waals surface area contributed by atoms with Crippen molar-refractivity contribution in [3.05, 3.63) is 65.2 Å². The van der Waals surface area contributed by atoms with E-state index in [0.29, 0.717) is 12.8 Å². The standard InChI is InChI=1S/C26H34N2O5S/c1-18(2)33-25(29)17-24(21-8-6-5-7-9-21)27-26(30)22-12-14-28(15-13-22)34(31,32)23-11-10-19(3)20(4)16-23/h5-11,16,18,22,24H,12-15,17H2,1-4H3,(H,27,30). The van der Waals surface area contributed by atoms with Gasteiger partial charge in [-0.15, -0.1) is 0 Å². The van der Waals surface area contributed by atoms with Crippen molar-refractivity contribution >= 4 is 21.9 Å². The zero-order valence-corrected chi connectivity index (χ0v) is 21.1. The largest absolute Gasteiger partial charge is 0.463 e. The summed E-state index contributed by atoms with van der Waals surface area (Å²) in [6.45, 7) is 7.96. The minimum atomic E-state index is -3.60. The zero-order valence-electron chi connectivity index (χ0n) is 20.3. The van der Waals surface area contributed by atoms with E-state index < -0.39 is 16.1 Å². The van der Waals surface area contributed by atoms with Crippen LogP contribution in [0.5, 0.6) is 0 Å². The number of aryl methyl sites for hydroxylation is 2. The average molecular weight is 487 g/mol. The minimum Gasteiger partial charge on any atom is -0.463 e. The van der Waals surface area contributed by atoms with E-state index in [4.69, 9.17) is 4.74 Å². The van der Waals surface area contributed by atoms with Gasteiger partial charge in [0.25, 0.3) is 0 Å². The summed E-state index contributed by atoms with van der Waals surface area (Å²) < 4.78 is 32.9. The van der Waals surface area contributed by atoms with Crippen LogP contribution in [-0.4, -0.2) is 43.8 Å². The molecular formula is C26H34N2O5S. The monoisotopic (exact) mass is 486 g/mol. The van der Waals surface area contributed by atoms with Crippen molar-refractivity contribution in [1.29, 1.82) is 0 Å². The first-order chi connectivity index (χ1) is 16.1. The number of piperidine rings is 1. The van der Waals surface area contributed by atoms with E-state index in [-0.39, 0.29) is 48.3 Å². The highest BCUT2D eigenvalue weighted by Gasteiger charge is 2.33. The SMILES string of the molecule is Cc1ccc(S(=O)(=O)N2CCC(C(=O)NC(CC(=O)OC(C)C)c3ccccc3)CC2)cc1C. The van der Waals surface area contributed by atoms with Gasteiger partial charge in [-0.3, -0.25) is 9.59 Å². The molecule has 1 unspecified atom stereocenters. The maximum absolute atomic E-state index is 13.1. The summed E-state index contributed by atoms with van der Waals surface area (Å²) in [6, 6.07) is 14.0. The van der Waals surface area contributed by atoms with Crippen molar-refractivity contribution in [2.24, 2.45) is 5.92 Å². The van der Waals surface area contributed by atoms with Gasteiger partial charge in [0.15, 0.2) is 0 Å². The Morgan fingerprint density at radius 1 is 1.03 bits per heavy atom. The molecule has 3 rings (SSSR count). The van der Waals surface area contributed by atoms with Crippen LogP contribution >= 0.6 is 0 Å². The highest BCUT2D eigenvalue weighted by Crippen LogP contribution is 2.26. The zero-order chi connectivity index (χ0) is 24.9. The third kappa shape index (κ3) is 6.45. The highest BCUT2D eigenvalue weighted by molar-refractivity contribution is 7.89. The second kappa shape index (κ2) is 11.1. The molecule has 1 aliphatic heterocycles. The summed E-state index contributed by atoms with van der Waals surface area (Å²) in [7, 11) is -3.60. The van der Waals surface area contributed by atoms with Crippen LogP contribution in [0.3, 0.4) is 0 Å². The number of sulfonamides is 1. The molecule has 1 saturated heterocycles. The fourth-order valence-corrected chi connectivity index (χ4v) is 5.64. The molecule has 2 aromatic rings. The van der Waals surface area contributed by atoms with E-state index in [1.165, 1.54) is 4.31 Å². The Bertz CT molecular complexity index is 1110. The number of rotatable bonds is 8. The van der Waals surface area contributed by atoms with Crippen LogP contribution in [0.4, 0.5) is 0 Å². The molecule has 0 radical (unpaired) electrons. The fourth-order valence-electron chi connectivity index (χ4n) is 4.09. The topological polar surface area (TPSA) is 92.8 Å². The molecule has 0 spiro atoms. The Hall–Kier alpha value is -2.71. The van der Waals surface area contributed by atoms with Gasteiger partial charge in [0, 0.05) is 19.0 Å². The highest BCUT2D eigenvalue weighted by atomic mass is 32.2. The molecule has 7 nitrogen and oxygen atoms in total. The average Bonchev–Trinajstić information content (AvgIpc) is 2.80. The lowest BCUT2D eigenvalue weighted by atomic mass is 9.95. The van der Waals surface area contributed by atoms with Crippen LogP contribution in [0.25, 0.3) is 0 Å². The van der Waals surface area contributed by atoms with E-state index >= 15 is 0 Å². The maximum Gasteiger partial charge on any atom is 0.308 e. The predicted molar refractivity (Wildman–Crippen MR) is 131 cm³/mol. The number of hydrogen-bond donors (Lipinski definition) is 1. The number of nitrogens with one attached hydrogen (secondary N) is 1. The van der Waals surface area contributed by atoms with Crippen molar-refractivity contribution in [3.63, 3.8) is 0 Å². The fraction of sp³-hybridized carbons (Fsp3) is 0.462. The number of benzene rings is 2. The Kier molecular flexibility index (Phi) is 8.49. The van der Waals surface area contributed by atoms with Gasteiger partial charge >= 0.3 is 5.97 Å². The number of hydrogen-bond acceptors (Lipinski definition) is 5. The van der Waals surface area contributed by atoms with E-state index in [9.17, 15) is 18.0 Å². The second-order valence-corrected chi connectivity index (χ2v) is 11.1. The van der Waals surface area contributed by atoms with Gasteiger partial charge in [-0.2, -0.15) is 4.31 Å². The molecular weight excluding hydrogens is 452 g/mol. The first-order valence-corrected chi connectivity index (χ1v) is 13.1. The third-order valence-electron chi connectivity index (χ3n) is 6.20. The summed E-state index contributed by atoms with van der Waals surface area (Å²) in [5.41, 5.74) is 2.80. The molecule has 0 bridgehead atoms. The maximum atomic E-state index is 13.1.